The van der Waals surface area contributed by atoms with Crippen LogP contribution in [0.15, 0.2) is 60.8 Å². The molecule has 4 aromatic rings. The molecule has 8 nitrogen and oxygen atoms in total. The average molecular weight is 533 g/mol. The molecule has 0 saturated carbocycles. The number of nitrogens with zero attached hydrogens (tertiary/aromatic N) is 3. The minimum Gasteiger partial charge on any atom is -0.394 e. The summed E-state index contributed by atoms with van der Waals surface area (Å²) in [5.74, 6) is -0.973. The zero-order valence-corrected chi connectivity index (χ0v) is 18.2. The van der Waals surface area contributed by atoms with Crippen molar-refractivity contribution >= 4 is 45.7 Å². The van der Waals surface area contributed by atoms with Crippen LogP contribution in [0.1, 0.15) is 10.4 Å². The number of hydrogen-bond donors (Lipinski definition) is 3. The summed E-state index contributed by atoms with van der Waals surface area (Å²) < 4.78 is 16.8. The molecule has 2 aromatic heterocycles. The second-order valence-electron chi connectivity index (χ2n) is 6.44. The Hall–Kier alpha value is -3.09. The maximum atomic E-state index is 14.4. The quantitative estimate of drug-likeness (QED) is 0.191. The largest absolute Gasteiger partial charge is 0.394 e. The van der Waals surface area contributed by atoms with Crippen LogP contribution < -0.4 is 10.8 Å². The van der Waals surface area contributed by atoms with Gasteiger partial charge in [-0.05, 0) is 46.9 Å². The third-order valence-electron chi connectivity index (χ3n) is 4.35. The minimum atomic E-state index is -0.610. The Bertz CT molecular complexity index is 1230. The second kappa shape index (κ2) is 9.37. The maximum absolute atomic E-state index is 14.4. The van der Waals surface area contributed by atoms with Gasteiger partial charge in [0.2, 0.25) is 0 Å². The van der Waals surface area contributed by atoms with Gasteiger partial charge in [0.1, 0.15) is 5.82 Å². The summed E-state index contributed by atoms with van der Waals surface area (Å²) in [6, 6.07) is 15.7. The lowest BCUT2D eigenvalue weighted by Gasteiger charge is -2.13. The maximum Gasteiger partial charge on any atom is 0.278 e. The molecule has 158 valence electrons. The van der Waals surface area contributed by atoms with Crippen LogP contribution in [0.5, 0.6) is 0 Å². The molecular weight excluding hydrogens is 516 g/mol. The van der Waals surface area contributed by atoms with Gasteiger partial charge >= 0.3 is 0 Å². The third-order valence-corrected chi connectivity index (χ3v) is 5.02. The van der Waals surface area contributed by atoms with Gasteiger partial charge in [0.25, 0.3) is 5.91 Å². The van der Waals surface area contributed by atoms with E-state index in [1.54, 1.807) is 22.8 Å². The summed E-state index contributed by atoms with van der Waals surface area (Å²) in [7, 11) is 0. The molecule has 0 fully saturated rings. The van der Waals surface area contributed by atoms with E-state index in [1.165, 1.54) is 12.1 Å². The first-order chi connectivity index (χ1) is 15.1. The number of rotatable bonds is 7. The highest BCUT2D eigenvalue weighted by Crippen LogP contribution is 2.26. The molecule has 10 heteroatoms. The molecule has 2 heterocycles. The molecule has 0 aliphatic heterocycles. The highest BCUT2D eigenvalue weighted by atomic mass is 127. The van der Waals surface area contributed by atoms with Crippen molar-refractivity contribution in [2.75, 3.05) is 18.5 Å². The highest BCUT2D eigenvalue weighted by molar-refractivity contribution is 14.1. The summed E-state index contributed by atoms with van der Waals surface area (Å²) >= 11 is 2.01. The molecule has 0 aliphatic rings. The molecule has 0 saturated heterocycles. The van der Waals surface area contributed by atoms with Crippen LogP contribution in [-0.4, -0.2) is 38.8 Å². The zero-order valence-electron chi connectivity index (χ0n) is 16.0. The Balaban J connectivity index is 1.80. The van der Waals surface area contributed by atoms with Crippen molar-refractivity contribution in [2.24, 2.45) is 0 Å². The van der Waals surface area contributed by atoms with Crippen LogP contribution in [0.25, 0.3) is 16.9 Å². The van der Waals surface area contributed by atoms with Gasteiger partial charge in [-0.2, -0.15) is 0 Å². The Labute approximate surface area is 190 Å². The molecular formula is C21H17FIN5O3. The number of aliphatic hydroxyl groups excluding tert-OH is 1. The van der Waals surface area contributed by atoms with Crippen LogP contribution in [0.4, 0.5) is 15.9 Å². The van der Waals surface area contributed by atoms with E-state index in [0.717, 1.165) is 9.13 Å². The predicted octanol–water partition coefficient (Wildman–Crippen LogP) is 3.54. The standard InChI is InChI=1S/C21H17FIN5O3/c22-16-10-14(23)6-7-17(16)25-20-15(21(30)27-31-9-8-29)11-19-24-12-18(28(19)26-20)13-4-2-1-3-5-13/h1-7,10-12,29H,8-9H2,(H,25,26)(H,27,30). The second-order valence-corrected chi connectivity index (χ2v) is 7.68. The fourth-order valence-corrected chi connectivity index (χ4v) is 3.37. The average Bonchev–Trinajstić information content (AvgIpc) is 3.18. The van der Waals surface area contributed by atoms with Crippen molar-refractivity contribution in [1.29, 1.82) is 0 Å². The first kappa shape index (κ1) is 21.2. The molecule has 0 spiro atoms. The van der Waals surface area contributed by atoms with Crippen molar-refractivity contribution in [3.05, 3.63) is 75.7 Å². The Kier molecular flexibility index (Phi) is 6.39. The zero-order chi connectivity index (χ0) is 21.8. The number of carbonyl (C=O) groups excluding carboxylic acids is 1. The summed E-state index contributed by atoms with van der Waals surface area (Å²) in [5.41, 5.74) is 4.54. The molecule has 4 rings (SSSR count). The van der Waals surface area contributed by atoms with E-state index in [9.17, 15) is 9.18 Å². The van der Waals surface area contributed by atoms with Gasteiger partial charge in [-0.25, -0.2) is 19.4 Å². The predicted molar refractivity (Wildman–Crippen MR) is 121 cm³/mol. The van der Waals surface area contributed by atoms with Crippen LogP contribution in [0, 0.1) is 9.39 Å². The summed E-state index contributed by atoms with van der Waals surface area (Å²) in [6.07, 6.45) is 1.65. The highest BCUT2D eigenvalue weighted by Gasteiger charge is 2.19. The van der Waals surface area contributed by atoms with Crippen LogP contribution in [0.3, 0.4) is 0 Å². The van der Waals surface area contributed by atoms with E-state index in [0.29, 0.717) is 11.3 Å². The number of nitrogens with one attached hydrogen (secondary N) is 2. The molecule has 0 atom stereocenters. The van der Waals surface area contributed by atoms with Gasteiger partial charge in [0, 0.05) is 9.13 Å². The van der Waals surface area contributed by atoms with Crippen molar-refractivity contribution in [3.63, 3.8) is 0 Å². The van der Waals surface area contributed by atoms with Crippen molar-refractivity contribution < 1.29 is 19.1 Å². The monoisotopic (exact) mass is 533 g/mol. The molecule has 1 amide bonds. The van der Waals surface area contributed by atoms with Gasteiger partial charge in [-0.1, -0.05) is 30.3 Å². The number of fused-ring (bicyclic) bond motifs is 1. The number of aromatic nitrogens is 3. The fraction of sp³-hybridized carbons (Fsp3) is 0.0952. The number of hydroxylamine groups is 1. The number of amides is 1. The summed E-state index contributed by atoms with van der Waals surface area (Å²) in [4.78, 5) is 21.9. The summed E-state index contributed by atoms with van der Waals surface area (Å²) in [6.45, 7) is -0.325. The lowest BCUT2D eigenvalue weighted by Crippen LogP contribution is -2.26. The number of imidazole rings is 1. The lowest BCUT2D eigenvalue weighted by molar-refractivity contribution is 0.0168. The number of halogens is 2. The van der Waals surface area contributed by atoms with Gasteiger partial charge in [-0.15, -0.1) is 5.10 Å². The Morgan fingerprint density at radius 2 is 2.00 bits per heavy atom. The number of benzene rings is 2. The number of hydrogen-bond acceptors (Lipinski definition) is 6. The minimum absolute atomic E-state index is 0.0720. The van der Waals surface area contributed by atoms with E-state index in [2.05, 4.69) is 20.9 Å². The molecule has 0 radical (unpaired) electrons. The first-order valence-electron chi connectivity index (χ1n) is 9.26. The van der Waals surface area contributed by atoms with Crippen molar-refractivity contribution in [2.45, 2.75) is 0 Å². The molecule has 2 aromatic carbocycles. The van der Waals surface area contributed by atoms with E-state index in [4.69, 9.17) is 9.94 Å². The fourth-order valence-electron chi connectivity index (χ4n) is 2.92. The third kappa shape index (κ3) is 4.65. The van der Waals surface area contributed by atoms with E-state index in [-0.39, 0.29) is 30.3 Å². The SMILES string of the molecule is O=C(NOCCO)c1cc2ncc(-c3ccccc3)n2nc1Nc1ccc(I)cc1F. The van der Waals surface area contributed by atoms with Gasteiger partial charge < -0.3 is 10.4 Å². The lowest BCUT2D eigenvalue weighted by atomic mass is 10.2. The van der Waals surface area contributed by atoms with E-state index < -0.39 is 11.7 Å². The number of carbonyl (C=O) groups is 1. The molecule has 0 unspecified atom stereocenters. The summed E-state index contributed by atoms with van der Waals surface area (Å²) in [5, 5.41) is 16.3. The molecule has 31 heavy (non-hydrogen) atoms. The molecule has 0 aliphatic carbocycles. The molecule has 3 N–H and O–H groups in total. The van der Waals surface area contributed by atoms with E-state index >= 15 is 0 Å². The normalized spacial score (nSPS) is 10.9. The Morgan fingerprint density at radius 1 is 1.19 bits per heavy atom. The topological polar surface area (TPSA) is 101 Å². The first-order valence-corrected chi connectivity index (χ1v) is 10.3. The number of aliphatic hydroxyl groups is 1. The smallest absolute Gasteiger partial charge is 0.278 e. The van der Waals surface area contributed by atoms with Gasteiger partial charge in [0.15, 0.2) is 11.5 Å². The van der Waals surface area contributed by atoms with Gasteiger partial charge in [-0.3, -0.25) is 9.63 Å². The van der Waals surface area contributed by atoms with Crippen LogP contribution in [0.2, 0.25) is 0 Å². The Morgan fingerprint density at radius 3 is 2.74 bits per heavy atom. The van der Waals surface area contributed by atoms with Crippen LogP contribution >= 0.6 is 22.6 Å². The van der Waals surface area contributed by atoms with Crippen LogP contribution in [-0.2, 0) is 4.84 Å². The molecule has 0 bridgehead atoms. The van der Waals surface area contributed by atoms with Crippen molar-refractivity contribution in [1.82, 2.24) is 20.1 Å². The van der Waals surface area contributed by atoms with E-state index in [1.807, 2.05) is 52.9 Å². The van der Waals surface area contributed by atoms with Gasteiger partial charge in [0.05, 0.1) is 36.4 Å². The van der Waals surface area contributed by atoms with Crippen molar-refractivity contribution in [3.8, 4) is 11.3 Å². The number of anilines is 2.